The molecule has 0 radical (unpaired) electrons. The number of nitrogens with two attached hydrogens (primary N) is 1. The van der Waals surface area contributed by atoms with Crippen LogP contribution in [0.1, 0.15) is 15.9 Å². The van der Waals surface area contributed by atoms with E-state index in [9.17, 15) is 4.79 Å². The fourth-order valence-corrected chi connectivity index (χ4v) is 2.73. The van der Waals surface area contributed by atoms with Crippen LogP contribution in [0.15, 0.2) is 42.5 Å². The van der Waals surface area contributed by atoms with Crippen molar-refractivity contribution in [1.82, 2.24) is 0 Å². The van der Waals surface area contributed by atoms with Crippen LogP contribution in [0.4, 0.5) is 5.69 Å². The van der Waals surface area contributed by atoms with Gasteiger partial charge in [-0.15, -0.1) is 0 Å². The highest BCUT2D eigenvalue weighted by Crippen LogP contribution is 2.22. The van der Waals surface area contributed by atoms with Gasteiger partial charge >= 0.3 is 0 Å². The van der Waals surface area contributed by atoms with Crippen LogP contribution in [-0.4, -0.2) is 5.91 Å². The molecule has 0 bridgehead atoms. The lowest BCUT2D eigenvalue weighted by Gasteiger charge is -2.09. The van der Waals surface area contributed by atoms with Gasteiger partial charge in [0.25, 0.3) is 0 Å². The average molecular weight is 387 g/mol. The number of rotatable bonds is 4. The van der Waals surface area contributed by atoms with Crippen molar-refractivity contribution in [3.05, 3.63) is 62.2 Å². The predicted molar refractivity (Wildman–Crippen MR) is 86.5 cm³/mol. The Hall–Kier alpha value is -1.27. The van der Waals surface area contributed by atoms with Gasteiger partial charge in [0.05, 0.1) is 0 Å². The first kappa shape index (κ1) is 14.1. The van der Waals surface area contributed by atoms with E-state index in [2.05, 4.69) is 27.9 Å². The second kappa shape index (κ2) is 6.25. The molecule has 0 aliphatic rings. The molecule has 2 rings (SSSR count). The second-order valence-electron chi connectivity index (χ2n) is 4.04. The molecule has 0 aliphatic heterocycles. The van der Waals surface area contributed by atoms with Gasteiger partial charge in [-0.1, -0.05) is 23.7 Å². The van der Waals surface area contributed by atoms with Gasteiger partial charge < -0.3 is 11.1 Å². The highest BCUT2D eigenvalue weighted by atomic mass is 127. The van der Waals surface area contributed by atoms with Crippen LogP contribution in [0.25, 0.3) is 0 Å². The van der Waals surface area contributed by atoms with E-state index in [1.165, 1.54) is 0 Å². The number of carbonyl (C=O) groups is 1. The Bertz CT molecular complexity index is 616. The van der Waals surface area contributed by atoms with Crippen molar-refractivity contribution in [2.24, 2.45) is 5.73 Å². The maximum atomic E-state index is 11.1. The van der Waals surface area contributed by atoms with Gasteiger partial charge in [0, 0.05) is 26.4 Å². The average Bonchev–Trinajstić information content (AvgIpc) is 2.38. The Morgan fingerprint density at radius 1 is 1.26 bits per heavy atom. The first-order valence-electron chi connectivity index (χ1n) is 5.64. The predicted octanol–water partition coefficient (Wildman–Crippen LogP) is 3.66. The molecular weight excluding hydrogens is 375 g/mol. The van der Waals surface area contributed by atoms with Crippen molar-refractivity contribution in [1.29, 1.82) is 0 Å². The molecule has 3 N–H and O–H groups in total. The molecule has 0 saturated carbocycles. The van der Waals surface area contributed by atoms with Gasteiger partial charge in [-0.3, -0.25) is 4.79 Å². The van der Waals surface area contributed by atoms with E-state index in [4.69, 9.17) is 17.3 Å². The lowest BCUT2D eigenvalue weighted by Crippen LogP contribution is -2.11. The fourth-order valence-electron chi connectivity index (χ4n) is 1.66. The molecule has 5 heteroatoms. The summed E-state index contributed by atoms with van der Waals surface area (Å²) >= 11 is 8.13. The van der Waals surface area contributed by atoms with Crippen LogP contribution in [0.5, 0.6) is 0 Å². The topological polar surface area (TPSA) is 55.1 Å². The van der Waals surface area contributed by atoms with Crippen molar-refractivity contribution in [2.45, 2.75) is 6.54 Å². The van der Waals surface area contributed by atoms with E-state index in [0.29, 0.717) is 17.1 Å². The molecule has 0 unspecified atom stereocenters. The zero-order valence-corrected chi connectivity index (χ0v) is 12.9. The SMILES string of the molecule is NC(=O)c1cccc(CNc2ccc(Cl)cc2I)c1. The number of nitrogens with one attached hydrogen (secondary N) is 1. The molecule has 19 heavy (non-hydrogen) atoms. The molecule has 3 nitrogen and oxygen atoms in total. The molecule has 0 heterocycles. The quantitative estimate of drug-likeness (QED) is 0.788. The molecule has 0 aromatic heterocycles. The molecule has 2 aromatic rings. The van der Waals surface area contributed by atoms with Gasteiger partial charge in [-0.05, 0) is 58.5 Å². The van der Waals surface area contributed by atoms with Crippen LogP contribution < -0.4 is 11.1 Å². The smallest absolute Gasteiger partial charge is 0.248 e. The second-order valence-corrected chi connectivity index (χ2v) is 5.64. The summed E-state index contributed by atoms with van der Waals surface area (Å²) in [6, 6.07) is 12.9. The highest BCUT2D eigenvalue weighted by Gasteiger charge is 2.03. The third kappa shape index (κ3) is 3.84. The first-order chi connectivity index (χ1) is 9.06. The lowest BCUT2D eigenvalue weighted by atomic mass is 10.1. The summed E-state index contributed by atoms with van der Waals surface area (Å²) < 4.78 is 1.05. The van der Waals surface area contributed by atoms with Crippen LogP contribution in [-0.2, 0) is 6.54 Å². The normalized spacial score (nSPS) is 10.2. The van der Waals surface area contributed by atoms with Crippen molar-refractivity contribution in [2.75, 3.05) is 5.32 Å². The molecular formula is C14H12ClIN2O. The summed E-state index contributed by atoms with van der Waals surface area (Å²) in [6.07, 6.45) is 0. The van der Waals surface area contributed by atoms with E-state index >= 15 is 0 Å². The Labute approximate surface area is 130 Å². The zero-order valence-electron chi connectivity index (χ0n) is 9.99. The van der Waals surface area contributed by atoms with Crippen LogP contribution in [0.2, 0.25) is 5.02 Å². The van der Waals surface area contributed by atoms with E-state index in [1.807, 2.05) is 30.3 Å². The Morgan fingerprint density at radius 3 is 2.74 bits per heavy atom. The molecule has 0 aliphatic carbocycles. The van der Waals surface area contributed by atoms with Crippen molar-refractivity contribution in [3.8, 4) is 0 Å². The van der Waals surface area contributed by atoms with Crippen molar-refractivity contribution >= 4 is 45.8 Å². The number of benzene rings is 2. The minimum Gasteiger partial charge on any atom is -0.380 e. The Balaban J connectivity index is 2.10. The summed E-state index contributed by atoms with van der Waals surface area (Å²) in [6.45, 7) is 0.624. The molecule has 1 amide bonds. The Morgan fingerprint density at radius 2 is 2.05 bits per heavy atom. The highest BCUT2D eigenvalue weighted by molar-refractivity contribution is 14.1. The third-order valence-electron chi connectivity index (χ3n) is 2.63. The standard InChI is InChI=1S/C14H12ClIN2O/c15-11-4-5-13(12(16)7-11)18-8-9-2-1-3-10(6-9)14(17)19/h1-7,18H,8H2,(H2,17,19). The molecule has 0 atom stereocenters. The van der Waals surface area contributed by atoms with Crippen molar-refractivity contribution < 1.29 is 4.79 Å². The van der Waals surface area contributed by atoms with E-state index in [1.54, 1.807) is 12.1 Å². The number of primary amides is 1. The number of amides is 1. The molecule has 0 fully saturated rings. The first-order valence-corrected chi connectivity index (χ1v) is 7.09. The van der Waals surface area contributed by atoms with Crippen LogP contribution in [0.3, 0.4) is 0 Å². The number of halogens is 2. The van der Waals surface area contributed by atoms with Gasteiger partial charge in [-0.2, -0.15) is 0 Å². The van der Waals surface area contributed by atoms with Gasteiger partial charge in [0.15, 0.2) is 0 Å². The summed E-state index contributed by atoms with van der Waals surface area (Å²) in [4.78, 5) is 11.1. The third-order valence-corrected chi connectivity index (χ3v) is 3.75. The van der Waals surface area contributed by atoms with Crippen LogP contribution >= 0.6 is 34.2 Å². The van der Waals surface area contributed by atoms with E-state index < -0.39 is 5.91 Å². The maximum Gasteiger partial charge on any atom is 0.248 e. The molecule has 2 aromatic carbocycles. The number of hydrogen-bond acceptors (Lipinski definition) is 2. The maximum absolute atomic E-state index is 11.1. The number of hydrogen-bond donors (Lipinski definition) is 2. The minimum absolute atomic E-state index is 0.414. The molecule has 0 spiro atoms. The zero-order chi connectivity index (χ0) is 13.8. The summed E-state index contributed by atoms with van der Waals surface area (Å²) in [5.41, 5.74) is 7.78. The summed E-state index contributed by atoms with van der Waals surface area (Å²) in [5.74, 6) is -0.414. The summed E-state index contributed by atoms with van der Waals surface area (Å²) in [5, 5.41) is 4.02. The molecule has 0 saturated heterocycles. The van der Waals surface area contributed by atoms with Crippen molar-refractivity contribution in [3.63, 3.8) is 0 Å². The summed E-state index contributed by atoms with van der Waals surface area (Å²) in [7, 11) is 0. The van der Waals surface area contributed by atoms with Gasteiger partial charge in [0.2, 0.25) is 5.91 Å². The Kier molecular flexibility index (Phi) is 4.66. The van der Waals surface area contributed by atoms with Gasteiger partial charge in [0.1, 0.15) is 0 Å². The lowest BCUT2D eigenvalue weighted by molar-refractivity contribution is 0.1000. The largest absolute Gasteiger partial charge is 0.380 e. The minimum atomic E-state index is -0.414. The van der Waals surface area contributed by atoms with E-state index in [0.717, 1.165) is 14.8 Å². The molecule has 98 valence electrons. The fraction of sp³-hybridized carbons (Fsp3) is 0.0714. The van der Waals surface area contributed by atoms with Crippen LogP contribution in [0, 0.1) is 3.57 Å². The number of carbonyl (C=O) groups excluding carboxylic acids is 1. The number of anilines is 1. The monoisotopic (exact) mass is 386 g/mol. The van der Waals surface area contributed by atoms with E-state index in [-0.39, 0.29) is 0 Å². The van der Waals surface area contributed by atoms with Gasteiger partial charge in [-0.25, -0.2) is 0 Å².